The molecule has 9 nitrogen and oxygen atoms in total. The number of piperazine rings is 1. The molecule has 1 fully saturated rings. The first kappa shape index (κ1) is 32.9. The van der Waals surface area contributed by atoms with Crippen LogP contribution in [0.25, 0.3) is 11.4 Å². The highest BCUT2D eigenvalue weighted by Crippen LogP contribution is 2.21. The Morgan fingerprint density at radius 1 is 0.816 bits per heavy atom. The summed E-state index contributed by atoms with van der Waals surface area (Å²) < 4.78 is 58.7. The Hall–Kier alpha value is -5.98. The number of hydrogen-bond donors (Lipinski definition) is 1. The van der Waals surface area contributed by atoms with E-state index in [9.17, 15) is 37.1 Å². The van der Waals surface area contributed by atoms with Crippen molar-refractivity contribution in [2.45, 2.75) is 13.0 Å². The maximum absolute atomic E-state index is 14.5. The van der Waals surface area contributed by atoms with Gasteiger partial charge in [0.15, 0.2) is 17.5 Å². The minimum atomic E-state index is -1.64. The Kier molecular flexibility index (Phi) is 9.42. The van der Waals surface area contributed by atoms with Crippen LogP contribution in [0.4, 0.5) is 23.2 Å². The molecule has 3 heterocycles. The van der Waals surface area contributed by atoms with Gasteiger partial charge in [-0.25, -0.2) is 22.2 Å². The molecule has 3 aromatic carbocycles. The van der Waals surface area contributed by atoms with E-state index in [-0.39, 0.29) is 42.7 Å². The van der Waals surface area contributed by atoms with E-state index < -0.39 is 51.8 Å². The molecule has 250 valence electrons. The Labute approximate surface area is 277 Å². The number of pyridine rings is 1. The highest BCUT2D eigenvalue weighted by atomic mass is 19.2. The van der Waals surface area contributed by atoms with E-state index in [0.29, 0.717) is 19.2 Å². The molecule has 2 aromatic heterocycles. The van der Waals surface area contributed by atoms with E-state index in [2.05, 4.69) is 10.00 Å². The van der Waals surface area contributed by atoms with Crippen LogP contribution in [0.15, 0.2) is 102 Å². The van der Waals surface area contributed by atoms with Crippen LogP contribution >= 0.6 is 0 Å². The van der Waals surface area contributed by atoms with Crippen molar-refractivity contribution in [1.29, 1.82) is 0 Å². The molecule has 0 atom stereocenters. The fourth-order valence-corrected chi connectivity index (χ4v) is 5.68. The molecule has 1 aliphatic rings. The molecule has 0 spiro atoms. The van der Waals surface area contributed by atoms with Gasteiger partial charge < -0.3 is 19.5 Å². The van der Waals surface area contributed by atoms with Crippen molar-refractivity contribution in [2.75, 3.05) is 31.1 Å². The SMILES string of the molecule is O=C(/C=C(/O)c1cc(Cc2cc(F)c(F)c(F)c2)cn(Cc2ccccc2F)c1=O)C(=O)N1CCN(c2ccc(-n3cccn3)cc2)CC1. The van der Waals surface area contributed by atoms with Crippen molar-refractivity contribution < 1.29 is 32.3 Å². The third kappa shape index (κ3) is 7.30. The molecular formula is C36H29F4N5O4. The van der Waals surface area contributed by atoms with Crippen molar-refractivity contribution in [3.63, 3.8) is 0 Å². The zero-order valence-electron chi connectivity index (χ0n) is 25.9. The number of rotatable bonds is 9. The number of anilines is 1. The van der Waals surface area contributed by atoms with Gasteiger partial charge in [0.05, 0.1) is 17.8 Å². The van der Waals surface area contributed by atoms with Crippen LogP contribution in [-0.2, 0) is 22.6 Å². The fraction of sp³-hybridized carbons (Fsp3) is 0.167. The Balaban J connectivity index is 1.20. The second kappa shape index (κ2) is 14.0. The van der Waals surface area contributed by atoms with Crippen molar-refractivity contribution in [3.05, 3.63) is 153 Å². The highest BCUT2D eigenvalue weighted by Gasteiger charge is 2.26. The van der Waals surface area contributed by atoms with Crippen LogP contribution in [0, 0.1) is 23.3 Å². The smallest absolute Gasteiger partial charge is 0.294 e. The summed E-state index contributed by atoms with van der Waals surface area (Å²) in [5.41, 5.74) is 0.984. The zero-order valence-corrected chi connectivity index (χ0v) is 25.9. The maximum Gasteiger partial charge on any atom is 0.294 e. The van der Waals surface area contributed by atoms with E-state index in [4.69, 9.17) is 0 Å². The van der Waals surface area contributed by atoms with Crippen molar-refractivity contribution in [3.8, 4) is 5.69 Å². The summed E-state index contributed by atoms with van der Waals surface area (Å²) in [7, 11) is 0. The first-order valence-electron chi connectivity index (χ1n) is 15.3. The number of ketones is 1. The minimum absolute atomic E-state index is 0.0150. The lowest BCUT2D eigenvalue weighted by Crippen LogP contribution is -2.50. The van der Waals surface area contributed by atoms with Gasteiger partial charge in [0, 0.05) is 62.1 Å². The monoisotopic (exact) mass is 671 g/mol. The normalized spacial score (nSPS) is 13.5. The molecule has 0 bridgehead atoms. The first-order valence-corrected chi connectivity index (χ1v) is 15.3. The lowest BCUT2D eigenvalue weighted by atomic mass is 10.0. The second-order valence-electron chi connectivity index (χ2n) is 11.5. The second-order valence-corrected chi connectivity index (χ2v) is 11.5. The number of aliphatic hydroxyl groups excluding tert-OH is 1. The fourth-order valence-electron chi connectivity index (χ4n) is 5.68. The Bertz CT molecular complexity index is 2080. The lowest BCUT2D eigenvalue weighted by Gasteiger charge is -2.35. The molecule has 0 saturated carbocycles. The number of halogens is 4. The van der Waals surface area contributed by atoms with E-state index in [0.717, 1.165) is 28.1 Å². The van der Waals surface area contributed by atoms with E-state index >= 15 is 0 Å². The lowest BCUT2D eigenvalue weighted by molar-refractivity contribution is -0.142. The molecule has 13 heteroatoms. The van der Waals surface area contributed by atoms with E-state index in [1.54, 1.807) is 16.9 Å². The number of benzene rings is 3. The number of carbonyl (C=O) groups excluding carboxylic acids is 2. The molecule has 1 saturated heterocycles. The van der Waals surface area contributed by atoms with Gasteiger partial charge in [-0.15, -0.1) is 0 Å². The van der Waals surface area contributed by atoms with Gasteiger partial charge in [0.1, 0.15) is 11.6 Å². The Morgan fingerprint density at radius 3 is 2.14 bits per heavy atom. The van der Waals surface area contributed by atoms with E-state index in [1.807, 2.05) is 36.5 Å². The Morgan fingerprint density at radius 2 is 1.49 bits per heavy atom. The molecule has 5 aromatic rings. The molecule has 0 unspecified atom stereocenters. The number of aliphatic hydroxyl groups is 1. The first-order chi connectivity index (χ1) is 23.6. The van der Waals surface area contributed by atoms with Crippen molar-refractivity contribution >= 4 is 23.1 Å². The molecule has 6 rings (SSSR count). The summed E-state index contributed by atoms with van der Waals surface area (Å²) in [6, 6.07) is 18.0. The standard InChI is InChI=1S/C36H29F4N5O4/c37-29-5-2-1-4-25(29)22-44-21-24(16-23-18-30(38)34(40)31(39)19-23)17-28(35(44)48)32(46)20-33(47)36(49)43-14-12-42(13-15-43)26-6-8-27(9-7-26)45-11-3-10-41-45/h1-11,17-21,46H,12-16,22H2/b32-20+. The van der Waals surface area contributed by atoms with Crippen LogP contribution in [0.5, 0.6) is 0 Å². The number of amides is 1. The molecular weight excluding hydrogens is 642 g/mol. The topological polar surface area (TPSA) is 101 Å². The molecule has 1 aliphatic heterocycles. The average Bonchev–Trinajstić information content (AvgIpc) is 3.64. The van der Waals surface area contributed by atoms with E-state index in [1.165, 1.54) is 35.4 Å². The van der Waals surface area contributed by atoms with Crippen LogP contribution in [0.3, 0.4) is 0 Å². The minimum Gasteiger partial charge on any atom is -0.507 e. The molecule has 1 N–H and O–H groups in total. The van der Waals surface area contributed by atoms with Gasteiger partial charge >= 0.3 is 0 Å². The third-order valence-corrected chi connectivity index (χ3v) is 8.20. The van der Waals surface area contributed by atoms with Crippen LogP contribution in [0.2, 0.25) is 0 Å². The van der Waals surface area contributed by atoms with Crippen molar-refractivity contribution in [2.24, 2.45) is 0 Å². The number of nitrogens with zero attached hydrogens (tertiary/aromatic N) is 5. The predicted octanol–water partition coefficient (Wildman–Crippen LogP) is 5.05. The van der Waals surface area contributed by atoms with Gasteiger partial charge in [-0.1, -0.05) is 18.2 Å². The van der Waals surface area contributed by atoms with Crippen LogP contribution in [0.1, 0.15) is 22.3 Å². The van der Waals surface area contributed by atoms with Gasteiger partial charge in [-0.05, 0) is 72.1 Å². The predicted molar refractivity (Wildman–Crippen MR) is 173 cm³/mol. The van der Waals surface area contributed by atoms with Gasteiger partial charge in [-0.2, -0.15) is 5.10 Å². The molecule has 0 radical (unpaired) electrons. The number of carbonyl (C=O) groups is 2. The summed E-state index contributed by atoms with van der Waals surface area (Å²) in [4.78, 5) is 43.0. The summed E-state index contributed by atoms with van der Waals surface area (Å²) in [6.45, 7) is 1.08. The highest BCUT2D eigenvalue weighted by molar-refractivity contribution is 6.41. The van der Waals surface area contributed by atoms with Crippen LogP contribution < -0.4 is 10.5 Å². The molecule has 49 heavy (non-hydrogen) atoms. The summed E-state index contributed by atoms with van der Waals surface area (Å²) in [5.74, 6) is -7.82. The third-order valence-electron chi connectivity index (χ3n) is 8.20. The average molecular weight is 672 g/mol. The summed E-state index contributed by atoms with van der Waals surface area (Å²) >= 11 is 0. The maximum atomic E-state index is 14.5. The largest absolute Gasteiger partial charge is 0.507 e. The number of aromatic nitrogens is 3. The molecule has 1 amide bonds. The van der Waals surface area contributed by atoms with Gasteiger partial charge in [0.25, 0.3) is 11.5 Å². The molecule has 0 aliphatic carbocycles. The quantitative estimate of drug-likeness (QED) is 0.0775. The van der Waals surface area contributed by atoms with Gasteiger partial charge in [0.2, 0.25) is 5.78 Å². The van der Waals surface area contributed by atoms with Gasteiger partial charge in [-0.3, -0.25) is 14.4 Å². The summed E-state index contributed by atoms with van der Waals surface area (Å²) in [6.07, 6.45) is 5.26. The number of hydrogen-bond acceptors (Lipinski definition) is 6. The van der Waals surface area contributed by atoms with Crippen molar-refractivity contribution in [1.82, 2.24) is 19.2 Å². The van der Waals surface area contributed by atoms with Crippen LogP contribution in [-0.4, -0.2) is 62.2 Å². The zero-order chi connectivity index (χ0) is 34.7. The summed E-state index contributed by atoms with van der Waals surface area (Å²) in [5, 5.41) is 15.2.